The Hall–Kier alpha value is -1.51. The summed E-state index contributed by atoms with van der Waals surface area (Å²) in [6.45, 7) is 1.37. The highest BCUT2D eigenvalue weighted by molar-refractivity contribution is 5.82. The zero-order chi connectivity index (χ0) is 16.0. The van der Waals surface area contributed by atoms with Crippen molar-refractivity contribution >= 4 is 12.0 Å². The summed E-state index contributed by atoms with van der Waals surface area (Å²) in [7, 11) is 0. The summed E-state index contributed by atoms with van der Waals surface area (Å²) in [5.41, 5.74) is 0. The number of nitrogens with one attached hydrogen (secondary N) is 1. The van der Waals surface area contributed by atoms with Crippen LogP contribution in [0.4, 0.5) is 18.0 Å². The van der Waals surface area contributed by atoms with Gasteiger partial charge in [-0.3, -0.25) is 4.90 Å². The first-order valence-electron chi connectivity index (χ1n) is 6.80. The third-order valence-corrected chi connectivity index (χ3v) is 3.24. The van der Waals surface area contributed by atoms with Crippen molar-refractivity contribution in [2.24, 2.45) is 0 Å². The zero-order valence-electron chi connectivity index (χ0n) is 11.8. The standard InChI is InChI=1S/C12H20F3N3O3/c1-2-3-9(10(19)20)16-11(21)18-6-4-17(5-7-18)8-12(13,14)15/h9H,2-8H2,1H3,(H,16,21)(H,19,20)/t9-/m1/s1. The molecule has 0 radical (unpaired) electrons. The molecule has 21 heavy (non-hydrogen) atoms. The second-order valence-corrected chi connectivity index (χ2v) is 5.01. The molecule has 0 aromatic carbocycles. The van der Waals surface area contributed by atoms with Gasteiger partial charge in [0.15, 0.2) is 0 Å². The summed E-state index contributed by atoms with van der Waals surface area (Å²) in [5.74, 6) is -1.11. The Morgan fingerprint density at radius 2 is 1.81 bits per heavy atom. The molecule has 1 saturated heterocycles. The summed E-state index contributed by atoms with van der Waals surface area (Å²) in [6, 6.07) is -1.50. The second-order valence-electron chi connectivity index (χ2n) is 5.01. The lowest BCUT2D eigenvalue weighted by molar-refractivity contribution is -0.148. The zero-order valence-corrected chi connectivity index (χ0v) is 11.8. The molecule has 1 rings (SSSR count). The van der Waals surface area contributed by atoms with Gasteiger partial charge in [0.1, 0.15) is 6.04 Å². The van der Waals surface area contributed by atoms with E-state index in [9.17, 15) is 22.8 Å². The minimum atomic E-state index is -4.25. The summed E-state index contributed by atoms with van der Waals surface area (Å²) in [6.07, 6.45) is -3.33. The second kappa shape index (κ2) is 7.48. The molecule has 122 valence electrons. The van der Waals surface area contributed by atoms with Crippen molar-refractivity contribution in [1.29, 1.82) is 0 Å². The molecule has 1 aliphatic rings. The number of alkyl halides is 3. The fourth-order valence-electron chi connectivity index (χ4n) is 2.15. The highest BCUT2D eigenvalue weighted by Gasteiger charge is 2.33. The first kappa shape index (κ1) is 17.5. The van der Waals surface area contributed by atoms with Crippen LogP contribution in [0.15, 0.2) is 0 Å². The van der Waals surface area contributed by atoms with Crippen LogP contribution in [0.2, 0.25) is 0 Å². The van der Waals surface area contributed by atoms with Gasteiger partial charge in [0.2, 0.25) is 0 Å². The monoisotopic (exact) mass is 311 g/mol. The van der Waals surface area contributed by atoms with E-state index < -0.39 is 30.8 Å². The molecule has 2 amide bonds. The van der Waals surface area contributed by atoms with E-state index in [1.54, 1.807) is 6.92 Å². The topological polar surface area (TPSA) is 72.9 Å². The van der Waals surface area contributed by atoms with Gasteiger partial charge < -0.3 is 15.3 Å². The maximum absolute atomic E-state index is 12.2. The molecule has 0 aromatic heterocycles. The molecule has 9 heteroatoms. The highest BCUT2D eigenvalue weighted by atomic mass is 19.4. The molecule has 0 aliphatic carbocycles. The average Bonchev–Trinajstić information content (AvgIpc) is 2.36. The van der Waals surface area contributed by atoms with Crippen LogP contribution in [0.1, 0.15) is 19.8 Å². The van der Waals surface area contributed by atoms with E-state index >= 15 is 0 Å². The van der Waals surface area contributed by atoms with E-state index in [0.29, 0.717) is 12.8 Å². The Bertz CT molecular complexity index is 368. The molecule has 2 N–H and O–H groups in total. The predicted molar refractivity (Wildman–Crippen MR) is 68.9 cm³/mol. The Labute approximate surface area is 120 Å². The molecule has 6 nitrogen and oxygen atoms in total. The number of rotatable bonds is 5. The fraction of sp³-hybridized carbons (Fsp3) is 0.833. The molecule has 1 aliphatic heterocycles. The molecule has 0 saturated carbocycles. The van der Waals surface area contributed by atoms with Crippen molar-refractivity contribution in [1.82, 2.24) is 15.1 Å². The number of nitrogens with zero attached hydrogens (tertiary/aromatic N) is 2. The molecule has 0 unspecified atom stereocenters. The van der Waals surface area contributed by atoms with Gasteiger partial charge >= 0.3 is 18.2 Å². The Morgan fingerprint density at radius 1 is 1.24 bits per heavy atom. The van der Waals surface area contributed by atoms with Crippen LogP contribution in [0.5, 0.6) is 0 Å². The van der Waals surface area contributed by atoms with Crippen molar-refractivity contribution in [2.45, 2.75) is 32.0 Å². The molecule has 0 aromatic rings. The molecule has 1 fully saturated rings. The Morgan fingerprint density at radius 3 is 2.24 bits per heavy atom. The molecule has 0 bridgehead atoms. The summed E-state index contributed by atoms with van der Waals surface area (Å²) >= 11 is 0. The molecular formula is C12H20F3N3O3. The van der Waals surface area contributed by atoms with E-state index in [4.69, 9.17) is 5.11 Å². The van der Waals surface area contributed by atoms with Crippen LogP contribution < -0.4 is 5.32 Å². The van der Waals surface area contributed by atoms with Gasteiger partial charge in [-0.2, -0.15) is 13.2 Å². The number of hydrogen-bond acceptors (Lipinski definition) is 3. The number of halogens is 3. The highest BCUT2D eigenvalue weighted by Crippen LogP contribution is 2.17. The minimum Gasteiger partial charge on any atom is -0.480 e. The summed E-state index contributed by atoms with van der Waals surface area (Å²) in [4.78, 5) is 25.4. The number of piperazine rings is 1. The average molecular weight is 311 g/mol. The van der Waals surface area contributed by atoms with Crippen molar-refractivity contribution < 1.29 is 27.9 Å². The van der Waals surface area contributed by atoms with Crippen LogP contribution in [0, 0.1) is 0 Å². The Kier molecular flexibility index (Phi) is 6.25. The number of carbonyl (C=O) groups excluding carboxylic acids is 1. The number of hydrogen-bond donors (Lipinski definition) is 2. The molecular weight excluding hydrogens is 291 g/mol. The third kappa shape index (κ3) is 6.19. The first-order chi connectivity index (χ1) is 9.73. The van der Waals surface area contributed by atoms with Crippen molar-refractivity contribution in [3.8, 4) is 0 Å². The van der Waals surface area contributed by atoms with Gasteiger partial charge in [-0.15, -0.1) is 0 Å². The lowest BCUT2D eigenvalue weighted by atomic mass is 10.2. The largest absolute Gasteiger partial charge is 0.480 e. The third-order valence-electron chi connectivity index (χ3n) is 3.24. The fourth-order valence-corrected chi connectivity index (χ4v) is 2.15. The lowest BCUT2D eigenvalue weighted by Crippen LogP contribution is -2.55. The first-order valence-corrected chi connectivity index (χ1v) is 6.80. The van der Waals surface area contributed by atoms with Gasteiger partial charge in [-0.05, 0) is 6.42 Å². The van der Waals surface area contributed by atoms with Gasteiger partial charge in [0.05, 0.1) is 6.54 Å². The lowest BCUT2D eigenvalue weighted by Gasteiger charge is -2.35. The van der Waals surface area contributed by atoms with Crippen LogP contribution >= 0.6 is 0 Å². The smallest absolute Gasteiger partial charge is 0.401 e. The normalized spacial score (nSPS) is 18.4. The minimum absolute atomic E-state index is 0.123. The van der Waals surface area contributed by atoms with Gasteiger partial charge in [0, 0.05) is 26.2 Å². The SMILES string of the molecule is CCC[C@@H](NC(=O)N1CCN(CC(F)(F)F)CC1)C(=O)O. The summed E-state index contributed by atoms with van der Waals surface area (Å²) in [5, 5.41) is 11.4. The van der Waals surface area contributed by atoms with Gasteiger partial charge in [-0.1, -0.05) is 13.3 Å². The number of urea groups is 1. The van der Waals surface area contributed by atoms with Crippen molar-refractivity contribution in [2.75, 3.05) is 32.7 Å². The van der Waals surface area contributed by atoms with Crippen molar-refractivity contribution in [3.63, 3.8) is 0 Å². The van der Waals surface area contributed by atoms with Crippen LogP contribution in [-0.2, 0) is 4.79 Å². The number of aliphatic carboxylic acids is 1. The quantitative estimate of drug-likeness (QED) is 0.798. The number of carbonyl (C=O) groups is 2. The molecule has 0 spiro atoms. The van der Waals surface area contributed by atoms with E-state index in [1.165, 1.54) is 9.80 Å². The maximum Gasteiger partial charge on any atom is 0.401 e. The van der Waals surface area contributed by atoms with Crippen LogP contribution in [-0.4, -0.2) is 71.8 Å². The van der Waals surface area contributed by atoms with Gasteiger partial charge in [0.25, 0.3) is 0 Å². The maximum atomic E-state index is 12.2. The molecule has 1 heterocycles. The van der Waals surface area contributed by atoms with Crippen molar-refractivity contribution in [3.05, 3.63) is 0 Å². The predicted octanol–water partition coefficient (Wildman–Crippen LogP) is 1.13. The molecule has 1 atom stereocenters. The van der Waals surface area contributed by atoms with Gasteiger partial charge in [-0.25, -0.2) is 9.59 Å². The van der Waals surface area contributed by atoms with E-state index in [1.807, 2.05) is 0 Å². The van der Waals surface area contributed by atoms with E-state index in [0.717, 1.165) is 0 Å². The number of carboxylic acids is 1. The van der Waals surface area contributed by atoms with Crippen LogP contribution in [0.3, 0.4) is 0 Å². The van der Waals surface area contributed by atoms with E-state index in [-0.39, 0.29) is 26.2 Å². The number of amides is 2. The van der Waals surface area contributed by atoms with Crippen LogP contribution in [0.25, 0.3) is 0 Å². The summed E-state index contributed by atoms with van der Waals surface area (Å²) < 4.78 is 36.7. The number of carboxylic acid groups (broad SMARTS) is 1. The van der Waals surface area contributed by atoms with E-state index in [2.05, 4.69) is 5.32 Å². The Balaban J connectivity index is 2.42.